The Morgan fingerprint density at radius 3 is 2.54 bits per heavy atom. The van der Waals surface area contributed by atoms with Crippen LogP contribution < -0.4 is 15.4 Å². The molecule has 7 heteroatoms. The van der Waals surface area contributed by atoms with Crippen molar-refractivity contribution in [3.8, 4) is 5.75 Å². The van der Waals surface area contributed by atoms with Gasteiger partial charge in [0.05, 0.1) is 7.11 Å². The number of anilines is 1. The molecule has 1 aliphatic carbocycles. The van der Waals surface area contributed by atoms with Crippen LogP contribution in [0.1, 0.15) is 48.3 Å². The van der Waals surface area contributed by atoms with Crippen molar-refractivity contribution in [3.05, 3.63) is 111 Å². The number of pyridine rings is 1. The molecule has 37 heavy (non-hydrogen) atoms. The number of dihydropyridines is 1. The number of nitrogens with one attached hydrogen (secondary N) is 2. The van der Waals surface area contributed by atoms with E-state index >= 15 is 0 Å². The molecule has 6 nitrogen and oxygen atoms in total. The van der Waals surface area contributed by atoms with Crippen LogP contribution in [-0.4, -0.2) is 23.8 Å². The van der Waals surface area contributed by atoms with Crippen molar-refractivity contribution < 1.29 is 14.3 Å². The lowest BCUT2D eigenvalue weighted by molar-refractivity contribution is -0.116. The van der Waals surface area contributed by atoms with Gasteiger partial charge in [0, 0.05) is 45.5 Å². The molecule has 1 amide bonds. The molecule has 2 atom stereocenters. The molecule has 2 unspecified atom stereocenters. The number of ether oxygens (including phenoxy) is 1. The maximum Gasteiger partial charge on any atom is 0.255 e. The van der Waals surface area contributed by atoms with Crippen LogP contribution in [-0.2, 0) is 9.59 Å². The third kappa shape index (κ3) is 5.09. The van der Waals surface area contributed by atoms with Crippen LogP contribution >= 0.6 is 15.9 Å². The molecule has 0 fully saturated rings. The molecule has 1 aromatic heterocycles. The van der Waals surface area contributed by atoms with Crippen molar-refractivity contribution in [3.63, 3.8) is 0 Å². The van der Waals surface area contributed by atoms with Crippen LogP contribution in [0.15, 0.2) is 93.9 Å². The number of allylic oxidation sites excluding steroid dienone is 3. The van der Waals surface area contributed by atoms with Gasteiger partial charge in [0.2, 0.25) is 0 Å². The van der Waals surface area contributed by atoms with Gasteiger partial charge in [0.15, 0.2) is 5.78 Å². The monoisotopic (exact) mass is 557 g/mol. The molecule has 2 aromatic carbocycles. The van der Waals surface area contributed by atoms with Crippen molar-refractivity contribution in [2.75, 3.05) is 12.4 Å². The van der Waals surface area contributed by atoms with E-state index in [-0.39, 0.29) is 17.6 Å². The Bertz CT molecular complexity index is 1440. The molecule has 0 spiro atoms. The van der Waals surface area contributed by atoms with E-state index in [2.05, 4.69) is 31.5 Å². The topological polar surface area (TPSA) is 80.3 Å². The molecular formula is C30H28BrN3O3. The summed E-state index contributed by atoms with van der Waals surface area (Å²) in [5.41, 5.74) is 5.78. The van der Waals surface area contributed by atoms with E-state index in [1.165, 1.54) is 0 Å². The summed E-state index contributed by atoms with van der Waals surface area (Å²) < 4.78 is 6.18. The number of halogens is 1. The lowest BCUT2D eigenvalue weighted by Crippen LogP contribution is -2.37. The lowest BCUT2D eigenvalue weighted by atomic mass is 9.71. The number of nitrogens with zero attached hydrogens (tertiary/aromatic N) is 1. The highest BCUT2D eigenvalue weighted by Crippen LogP contribution is 2.46. The average Bonchev–Trinajstić information content (AvgIpc) is 2.87. The van der Waals surface area contributed by atoms with Gasteiger partial charge in [0.25, 0.3) is 5.91 Å². The summed E-state index contributed by atoms with van der Waals surface area (Å²) in [6, 6.07) is 19.4. The fourth-order valence-corrected chi connectivity index (χ4v) is 5.68. The number of benzene rings is 2. The Labute approximate surface area is 225 Å². The fraction of sp³-hybridized carbons (Fsp3) is 0.233. The normalized spacial score (nSPS) is 19.3. The molecule has 0 saturated heterocycles. The summed E-state index contributed by atoms with van der Waals surface area (Å²) in [6.45, 7) is 3.85. The van der Waals surface area contributed by atoms with Crippen LogP contribution in [0, 0.1) is 6.92 Å². The lowest BCUT2D eigenvalue weighted by Gasteiger charge is -2.37. The Morgan fingerprint density at radius 1 is 1.05 bits per heavy atom. The number of aromatic nitrogens is 1. The molecule has 0 radical (unpaired) electrons. The minimum Gasteiger partial charge on any atom is -0.497 e. The molecule has 3 aromatic rings. The third-order valence-electron chi connectivity index (χ3n) is 7.00. The molecule has 0 saturated carbocycles. The fourth-order valence-electron chi connectivity index (χ4n) is 5.26. The highest BCUT2D eigenvalue weighted by Gasteiger charge is 2.41. The average molecular weight is 558 g/mol. The van der Waals surface area contributed by atoms with Gasteiger partial charge in [-0.15, -0.1) is 0 Å². The Morgan fingerprint density at radius 2 is 1.84 bits per heavy atom. The molecule has 5 rings (SSSR count). The Balaban J connectivity index is 1.54. The highest BCUT2D eigenvalue weighted by atomic mass is 79.9. The van der Waals surface area contributed by atoms with Gasteiger partial charge in [-0.2, -0.15) is 0 Å². The van der Waals surface area contributed by atoms with Gasteiger partial charge in [0.1, 0.15) is 11.6 Å². The number of hydrogen-bond donors (Lipinski definition) is 2. The summed E-state index contributed by atoms with van der Waals surface area (Å²) in [7, 11) is 1.64. The van der Waals surface area contributed by atoms with E-state index in [0.717, 1.165) is 38.3 Å². The van der Waals surface area contributed by atoms with Gasteiger partial charge < -0.3 is 15.4 Å². The predicted molar refractivity (Wildman–Crippen MR) is 147 cm³/mol. The number of Topliss-reactive ketones (excluding diaryl/α,β-unsaturated/α-hetero) is 1. The number of methoxy groups -OCH3 is 1. The zero-order valence-electron chi connectivity index (χ0n) is 21.0. The largest absolute Gasteiger partial charge is 0.497 e. The van der Waals surface area contributed by atoms with E-state index < -0.39 is 5.92 Å². The second-order valence-electron chi connectivity index (χ2n) is 9.52. The number of rotatable bonds is 5. The minimum atomic E-state index is -0.483. The van der Waals surface area contributed by atoms with E-state index in [1.807, 2.05) is 74.5 Å². The molecular weight excluding hydrogens is 530 g/mol. The molecule has 1 aliphatic heterocycles. The molecule has 2 N–H and O–H groups in total. The van der Waals surface area contributed by atoms with E-state index in [4.69, 9.17) is 4.74 Å². The van der Waals surface area contributed by atoms with E-state index in [1.54, 1.807) is 13.3 Å². The number of aryl methyl sites for hydroxylation is 1. The Kier molecular flexibility index (Phi) is 6.98. The quantitative estimate of drug-likeness (QED) is 0.392. The van der Waals surface area contributed by atoms with Crippen molar-refractivity contribution in [1.82, 2.24) is 10.3 Å². The van der Waals surface area contributed by atoms with Crippen LogP contribution in [0.2, 0.25) is 0 Å². The van der Waals surface area contributed by atoms with Crippen molar-refractivity contribution >= 4 is 33.4 Å². The number of carbonyl (C=O) groups is 2. The summed E-state index contributed by atoms with van der Waals surface area (Å²) in [4.78, 5) is 31.8. The number of hydrogen-bond acceptors (Lipinski definition) is 5. The molecule has 2 heterocycles. The van der Waals surface area contributed by atoms with Crippen LogP contribution in [0.5, 0.6) is 5.75 Å². The van der Waals surface area contributed by atoms with Crippen molar-refractivity contribution in [1.29, 1.82) is 0 Å². The zero-order valence-corrected chi connectivity index (χ0v) is 22.6. The summed E-state index contributed by atoms with van der Waals surface area (Å²) in [5.74, 6) is 0.604. The van der Waals surface area contributed by atoms with Gasteiger partial charge in [-0.1, -0.05) is 40.2 Å². The highest BCUT2D eigenvalue weighted by molar-refractivity contribution is 9.10. The first-order valence-corrected chi connectivity index (χ1v) is 13.0. The number of amides is 1. The second kappa shape index (κ2) is 10.3. The van der Waals surface area contributed by atoms with Gasteiger partial charge in [-0.25, -0.2) is 4.98 Å². The Hall–Kier alpha value is -3.71. The first-order valence-electron chi connectivity index (χ1n) is 12.2. The second-order valence-corrected chi connectivity index (χ2v) is 10.4. The van der Waals surface area contributed by atoms with Crippen LogP contribution in [0.4, 0.5) is 5.82 Å². The maximum atomic E-state index is 13.8. The molecule has 0 bridgehead atoms. The zero-order chi connectivity index (χ0) is 26.1. The van der Waals surface area contributed by atoms with Gasteiger partial charge >= 0.3 is 0 Å². The maximum absolute atomic E-state index is 13.8. The summed E-state index contributed by atoms with van der Waals surface area (Å²) in [6.07, 6.45) is 2.73. The smallest absolute Gasteiger partial charge is 0.255 e. The van der Waals surface area contributed by atoms with Gasteiger partial charge in [-0.05, 0) is 79.3 Å². The SMILES string of the molecule is COc1ccc(C2CC(=O)C3=C(C2)NC(C)=C(C(=O)Nc2cc(C)ccn2)C3c2cccc(Br)c2)cc1. The van der Waals surface area contributed by atoms with Crippen molar-refractivity contribution in [2.45, 2.75) is 38.5 Å². The first kappa shape index (κ1) is 25.0. The third-order valence-corrected chi connectivity index (χ3v) is 7.49. The molecule has 2 aliphatic rings. The van der Waals surface area contributed by atoms with E-state index in [0.29, 0.717) is 29.8 Å². The first-order chi connectivity index (χ1) is 17.8. The van der Waals surface area contributed by atoms with Crippen LogP contribution in [0.25, 0.3) is 0 Å². The number of carbonyl (C=O) groups excluding carboxylic acids is 2. The van der Waals surface area contributed by atoms with Crippen LogP contribution in [0.3, 0.4) is 0 Å². The summed E-state index contributed by atoms with van der Waals surface area (Å²) in [5, 5.41) is 6.38. The summed E-state index contributed by atoms with van der Waals surface area (Å²) >= 11 is 3.56. The minimum absolute atomic E-state index is 0.0472. The van der Waals surface area contributed by atoms with Crippen molar-refractivity contribution in [2.24, 2.45) is 0 Å². The standard InChI is InChI=1S/C30H28BrN3O3/c1-17-11-12-32-26(13-17)34-30(36)27-18(2)33-24-15-21(19-7-9-23(37-3)10-8-19)16-25(35)29(24)28(27)20-5-4-6-22(31)14-20/h4-14,21,28,33H,15-16H2,1-3H3,(H,32,34,36). The van der Waals surface area contributed by atoms with E-state index in [9.17, 15) is 9.59 Å². The van der Waals surface area contributed by atoms with Gasteiger partial charge in [-0.3, -0.25) is 9.59 Å². The predicted octanol–water partition coefficient (Wildman–Crippen LogP) is 6.16. The molecule has 188 valence electrons. The number of ketones is 1.